The number of fused-ring (bicyclic) bond motifs is 1. The van der Waals surface area contributed by atoms with Crippen molar-refractivity contribution >= 4 is 11.7 Å². The van der Waals surface area contributed by atoms with Gasteiger partial charge in [0.25, 0.3) is 5.69 Å². The maximum absolute atomic E-state index is 10.9. The van der Waals surface area contributed by atoms with Crippen molar-refractivity contribution in [3.63, 3.8) is 0 Å². The van der Waals surface area contributed by atoms with E-state index in [-0.39, 0.29) is 38.3 Å². The minimum absolute atomic E-state index is 0. The van der Waals surface area contributed by atoms with E-state index in [1.807, 2.05) is 0 Å². The smallest absolute Gasteiger partial charge is 0.306 e. The Hall–Kier alpha value is -1.45. The van der Waals surface area contributed by atoms with Crippen LogP contribution in [0.15, 0.2) is 12.1 Å². The summed E-state index contributed by atoms with van der Waals surface area (Å²) in [5.74, 6) is -1.55. The molecule has 1 unspecified atom stereocenters. The van der Waals surface area contributed by atoms with Gasteiger partial charge in [-0.3, -0.25) is 14.9 Å². The summed E-state index contributed by atoms with van der Waals surface area (Å²) < 4.78 is 0. The Bertz CT molecular complexity index is 502. The molecule has 6 nitrogen and oxygen atoms in total. The molecule has 1 aliphatic carbocycles. The number of carboxylic acids is 1. The van der Waals surface area contributed by atoms with Crippen LogP contribution in [-0.4, -0.2) is 21.1 Å². The number of phenolic OH excluding ortho intramolecular Hbond substituents is 1. The monoisotopic (exact) mass is 424 g/mol. The van der Waals surface area contributed by atoms with Crippen LogP contribution >= 0.6 is 0 Å². The number of phenols is 1. The molecule has 0 amide bonds. The molecule has 1 aromatic carbocycles. The average molecular weight is 423 g/mol. The van der Waals surface area contributed by atoms with Gasteiger partial charge in [-0.2, -0.15) is 0 Å². The maximum atomic E-state index is 10.9. The van der Waals surface area contributed by atoms with E-state index in [2.05, 4.69) is 0 Å². The van der Waals surface area contributed by atoms with Crippen LogP contribution in [0.5, 0.6) is 5.75 Å². The molecule has 0 bridgehead atoms. The second kappa shape index (κ2) is 5.46. The van der Waals surface area contributed by atoms with Gasteiger partial charge in [-0.05, 0) is 25.3 Å². The normalized spacial score (nSPS) is 17.4. The van der Waals surface area contributed by atoms with Gasteiger partial charge in [0.2, 0.25) is 0 Å². The Kier molecular flexibility index (Phi) is 4.44. The van der Waals surface area contributed by atoms with E-state index >= 15 is 0 Å². The van der Waals surface area contributed by atoms with Crippen molar-refractivity contribution in [2.75, 3.05) is 0 Å². The van der Waals surface area contributed by atoms with Crippen molar-refractivity contribution in [3.8, 4) is 5.75 Å². The average Bonchev–Trinajstić information content (AvgIpc) is 2.28. The molecule has 97 valence electrons. The standard InChI is InChI=1S/C11H11NO5.Re/c13-10-4-3-9(12(16)17)8-5-6(11(14)15)1-2-7(8)10;/h3-4,6,13H,1-2,5H2,(H,14,15);. The number of aliphatic carboxylic acids is 1. The number of hydrogen-bond acceptors (Lipinski definition) is 4. The summed E-state index contributed by atoms with van der Waals surface area (Å²) in [6.45, 7) is 0. The first-order valence-electron chi connectivity index (χ1n) is 5.21. The van der Waals surface area contributed by atoms with Gasteiger partial charge in [0, 0.05) is 37.6 Å². The number of rotatable bonds is 2. The van der Waals surface area contributed by atoms with E-state index in [4.69, 9.17) is 5.11 Å². The topological polar surface area (TPSA) is 101 Å². The fraction of sp³-hybridized carbons (Fsp3) is 0.364. The number of aromatic hydroxyl groups is 1. The number of carboxylic acid groups (broad SMARTS) is 1. The van der Waals surface area contributed by atoms with Crippen molar-refractivity contribution in [2.45, 2.75) is 19.3 Å². The third kappa shape index (κ3) is 2.52. The van der Waals surface area contributed by atoms with Crippen molar-refractivity contribution in [3.05, 3.63) is 33.4 Å². The van der Waals surface area contributed by atoms with E-state index in [1.165, 1.54) is 12.1 Å². The van der Waals surface area contributed by atoms with Crippen molar-refractivity contribution in [1.82, 2.24) is 0 Å². The summed E-state index contributed by atoms with van der Waals surface area (Å²) in [7, 11) is 0. The Morgan fingerprint density at radius 1 is 1.39 bits per heavy atom. The van der Waals surface area contributed by atoms with Gasteiger partial charge in [-0.1, -0.05) is 0 Å². The fourth-order valence-electron chi connectivity index (χ4n) is 2.22. The molecular formula is C11H11NO5Re. The number of benzene rings is 1. The SMILES string of the molecule is O=C(O)C1CCc2c(O)ccc([N+](=O)[O-])c2C1.[Re]. The van der Waals surface area contributed by atoms with E-state index in [0.717, 1.165) is 0 Å². The van der Waals surface area contributed by atoms with Crippen LogP contribution in [0.3, 0.4) is 0 Å². The molecule has 0 aliphatic heterocycles. The van der Waals surface area contributed by atoms with E-state index < -0.39 is 16.8 Å². The molecule has 0 heterocycles. The van der Waals surface area contributed by atoms with Crippen LogP contribution in [0, 0.1) is 16.0 Å². The third-order valence-electron chi connectivity index (χ3n) is 3.12. The molecule has 1 aromatic rings. The van der Waals surface area contributed by atoms with Gasteiger partial charge >= 0.3 is 5.97 Å². The Labute approximate surface area is 116 Å². The fourth-order valence-corrected chi connectivity index (χ4v) is 2.22. The van der Waals surface area contributed by atoms with Crippen LogP contribution in [0.25, 0.3) is 0 Å². The first-order chi connectivity index (χ1) is 8.00. The summed E-state index contributed by atoms with van der Waals surface area (Å²) in [6.07, 6.45) is 0.867. The first kappa shape index (κ1) is 14.6. The molecule has 1 aliphatic rings. The number of hydrogen-bond donors (Lipinski definition) is 2. The summed E-state index contributed by atoms with van der Waals surface area (Å²) in [5, 5.41) is 29.4. The zero-order valence-corrected chi connectivity index (χ0v) is 12.0. The quantitative estimate of drug-likeness (QED) is 0.555. The van der Waals surface area contributed by atoms with Crippen molar-refractivity contribution < 1.29 is 40.4 Å². The zero-order valence-electron chi connectivity index (χ0n) is 9.30. The Balaban J connectivity index is 0.00000162. The Morgan fingerprint density at radius 2 is 2.06 bits per heavy atom. The molecule has 0 saturated carbocycles. The van der Waals surface area contributed by atoms with Gasteiger partial charge in [0.1, 0.15) is 5.75 Å². The van der Waals surface area contributed by atoms with Gasteiger partial charge in [-0.15, -0.1) is 0 Å². The minimum Gasteiger partial charge on any atom is -0.508 e. The summed E-state index contributed by atoms with van der Waals surface area (Å²) in [4.78, 5) is 21.2. The van der Waals surface area contributed by atoms with Crippen LogP contribution in [0.1, 0.15) is 17.5 Å². The minimum atomic E-state index is -0.951. The molecule has 0 aromatic heterocycles. The van der Waals surface area contributed by atoms with Gasteiger partial charge in [0.15, 0.2) is 0 Å². The predicted molar refractivity (Wildman–Crippen MR) is 57.9 cm³/mol. The van der Waals surface area contributed by atoms with Crippen LogP contribution in [-0.2, 0) is 38.1 Å². The molecule has 2 N–H and O–H groups in total. The molecule has 0 fully saturated rings. The summed E-state index contributed by atoms with van der Waals surface area (Å²) >= 11 is 0. The Morgan fingerprint density at radius 3 is 2.61 bits per heavy atom. The van der Waals surface area contributed by atoms with E-state index in [1.54, 1.807) is 0 Å². The predicted octanol–water partition coefficient (Wildman–Crippen LogP) is 1.49. The molecule has 7 heteroatoms. The second-order valence-electron chi connectivity index (χ2n) is 4.10. The maximum Gasteiger partial charge on any atom is 0.306 e. The number of carbonyl (C=O) groups is 1. The number of nitro benzene ring substituents is 1. The molecule has 0 saturated heterocycles. The third-order valence-corrected chi connectivity index (χ3v) is 3.12. The molecule has 2 rings (SSSR count). The second-order valence-corrected chi connectivity index (χ2v) is 4.10. The van der Waals surface area contributed by atoms with Crippen LogP contribution in [0.2, 0.25) is 0 Å². The summed E-state index contributed by atoms with van der Waals surface area (Å²) in [6, 6.07) is 2.51. The van der Waals surface area contributed by atoms with E-state index in [0.29, 0.717) is 24.0 Å². The van der Waals surface area contributed by atoms with Crippen LogP contribution in [0.4, 0.5) is 5.69 Å². The molecule has 0 spiro atoms. The first-order valence-corrected chi connectivity index (χ1v) is 5.21. The van der Waals surface area contributed by atoms with E-state index in [9.17, 15) is 20.0 Å². The largest absolute Gasteiger partial charge is 0.508 e. The van der Waals surface area contributed by atoms with Crippen molar-refractivity contribution in [1.29, 1.82) is 0 Å². The zero-order chi connectivity index (χ0) is 12.6. The molecule has 1 radical (unpaired) electrons. The van der Waals surface area contributed by atoms with Crippen LogP contribution < -0.4 is 0 Å². The van der Waals surface area contributed by atoms with Gasteiger partial charge < -0.3 is 10.2 Å². The van der Waals surface area contributed by atoms with Gasteiger partial charge in [-0.25, -0.2) is 0 Å². The van der Waals surface area contributed by atoms with Gasteiger partial charge in [0.05, 0.1) is 10.8 Å². The number of nitrogens with zero attached hydrogens (tertiary/aromatic N) is 1. The number of nitro groups is 1. The molecular weight excluding hydrogens is 412 g/mol. The molecule has 18 heavy (non-hydrogen) atoms. The molecule has 1 atom stereocenters. The van der Waals surface area contributed by atoms with Crippen molar-refractivity contribution in [2.24, 2.45) is 5.92 Å². The summed E-state index contributed by atoms with van der Waals surface area (Å²) in [5.41, 5.74) is 0.758.